The molecule has 2 amide bonds. The topological polar surface area (TPSA) is 58.5 Å². The fourth-order valence-electron chi connectivity index (χ4n) is 3.01. The van der Waals surface area contributed by atoms with Gasteiger partial charge < -0.3 is 0 Å². The first-order valence-electron chi connectivity index (χ1n) is 9.11. The van der Waals surface area contributed by atoms with E-state index in [0.29, 0.717) is 18.4 Å². The number of carbonyl (C=O) groups excluding carboxylic acids is 2. The number of hydrogen-bond donors (Lipinski definition) is 1. The second-order valence-corrected chi connectivity index (χ2v) is 6.63. The third kappa shape index (κ3) is 4.60. The van der Waals surface area contributed by atoms with Crippen molar-refractivity contribution in [2.75, 3.05) is 0 Å². The van der Waals surface area contributed by atoms with Crippen molar-refractivity contribution in [1.82, 2.24) is 5.32 Å². The zero-order chi connectivity index (χ0) is 19.9. The van der Waals surface area contributed by atoms with E-state index in [1.807, 2.05) is 68.4 Å². The summed E-state index contributed by atoms with van der Waals surface area (Å²) >= 11 is 0. The highest BCUT2D eigenvalue weighted by atomic mass is 16.2. The number of amides is 2. The van der Waals surface area contributed by atoms with Crippen LogP contribution in [0.25, 0.3) is 0 Å². The molecule has 0 aliphatic carbocycles. The lowest BCUT2D eigenvalue weighted by molar-refractivity contribution is -0.108. The molecule has 0 aliphatic rings. The van der Waals surface area contributed by atoms with Gasteiger partial charge in [0.05, 0.1) is 11.4 Å². The predicted molar refractivity (Wildman–Crippen MR) is 112 cm³/mol. The van der Waals surface area contributed by atoms with Crippen LogP contribution in [0, 0.1) is 13.8 Å². The van der Waals surface area contributed by atoms with Crippen LogP contribution in [-0.4, -0.2) is 18.0 Å². The van der Waals surface area contributed by atoms with E-state index in [0.717, 1.165) is 33.7 Å². The van der Waals surface area contributed by atoms with Crippen molar-refractivity contribution in [3.63, 3.8) is 0 Å². The minimum atomic E-state index is -0.413. The van der Waals surface area contributed by atoms with Gasteiger partial charge in [-0.2, -0.15) is 0 Å². The first-order valence-corrected chi connectivity index (χ1v) is 9.11. The lowest BCUT2D eigenvalue weighted by Gasteiger charge is -2.12. The molecule has 0 heterocycles. The molecule has 0 saturated heterocycles. The van der Waals surface area contributed by atoms with Gasteiger partial charge in [-0.1, -0.05) is 60.7 Å². The highest BCUT2D eigenvalue weighted by Crippen LogP contribution is 2.22. The third-order valence-electron chi connectivity index (χ3n) is 4.59. The maximum Gasteiger partial charge on any atom is 0.257 e. The monoisotopic (exact) mass is 370 g/mol. The van der Waals surface area contributed by atoms with Crippen molar-refractivity contribution in [1.29, 1.82) is 0 Å². The molecule has 140 valence electrons. The third-order valence-corrected chi connectivity index (χ3v) is 4.59. The van der Waals surface area contributed by atoms with Crippen LogP contribution in [0.1, 0.15) is 32.6 Å². The van der Waals surface area contributed by atoms with Crippen LogP contribution in [-0.2, 0) is 11.2 Å². The zero-order valence-corrected chi connectivity index (χ0v) is 16.0. The number of carbonyl (C=O) groups is 2. The number of aryl methyl sites for hydroxylation is 2. The van der Waals surface area contributed by atoms with Crippen LogP contribution in [0.2, 0.25) is 0 Å². The van der Waals surface area contributed by atoms with Gasteiger partial charge in [0.15, 0.2) is 0 Å². The van der Waals surface area contributed by atoms with Gasteiger partial charge >= 0.3 is 0 Å². The van der Waals surface area contributed by atoms with Crippen molar-refractivity contribution < 1.29 is 9.59 Å². The van der Waals surface area contributed by atoms with Crippen LogP contribution in [0.5, 0.6) is 0 Å². The van der Waals surface area contributed by atoms with Gasteiger partial charge in [-0.15, -0.1) is 0 Å². The molecule has 0 fully saturated rings. The van der Waals surface area contributed by atoms with Crippen molar-refractivity contribution in [2.45, 2.75) is 20.3 Å². The second-order valence-electron chi connectivity index (χ2n) is 6.63. The lowest BCUT2D eigenvalue weighted by Crippen LogP contribution is -2.22. The van der Waals surface area contributed by atoms with Crippen LogP contribution in [0.3, 0.4) is 0 Å². The average Bonchev–Trinajstić information content (AvgIpc) is 2.70. The Labute approximate surface area is 165 Å². The molecule has 0 aromatic heterocycles. The summed E-state index contributed by atoms with van der Waals surface area (Å²) < 4.78 is 0. The Morgan fingerprint density at radius 2 is 1.64 bits per heavy atom. The number of aliphatic imine (C=N–C) groups is 1. The molecule has 1 N–H and O–H groups in total. The minimum Gasteiger partial charge on any atom is -0.295 e. The molecular weight excluding hydrogens is 348 g/mol. The summed E-state index contributed by atoms with van der Waals surface area (Å²) in [7, 11) is 0. The quantitative estimate of drug-likeness (QED) is 0.511. The minimum absolute atomic E-state index is 0.404. The summed E-state index contributed by atoms with van der Waals surface area (Å²) in [5.74, 6) is -0.413. The van der Waals surface area contributed by atoms with Gasteiger partial charge in [0.1, 0.15) is 0 Å². The summed E-state index contributed by atoms with van der Waals surface area (Å²) in [5, 5.41) is 2.22. The van der Waals surface area contributed by atoms with E-state index in [-0.39, 0.29) is 0 Å². The fraction of sp³-hybridized carbons (Fsp3) is 0.125. The van der Waals surface area contributed by atoms with E-state index >= 15 is 0 Å². The molecule has 28 heavy (non-hydrogen) atoms. The molecule has 4 heteroatoms. The van der Waals surface area contributed by atoms with E-state index in [1.54, 1.807) is 6.07 Å². The Balaban J connectivity index is 2.09. The van der Waals surface area contributed by atoms with Crippen LogP contribution >= 0.6 is 0 Å². The Bertz CT molecular complexity index is 1020. The van der Waals surface area contributed by atoms with Crippen LogP contribution in [0.4, 0.5) is 5.69 Å². The largest absolute Gasteiger partial charge is 0.295 e. The van der Waals surface area contributed by atoms with E-state index in [2.05, 4.69) is 17.4 Å². The molecule has 0 unspecified atom stereocenters. The molecule has 4 nitrogen and oxygen atoms in total. The molecule has 0 atom stereocenters. The highest BCUT2D eigenvalue weighted by molar-refractivity contribution is 6.07. The second kappa shape index (κ2) is 8.91. The Hall–Kier alpha value is -3.53. The molecular formula is C24H22N2O2. The molecule has 0 aliphatic heterocycles. The first kappa shape index (κ1) is 19.2. The molecule has 0 spiro atoms. The highest BCUT2D eigenvalue weighted by Gasteiger charge is 2.13. The number of nitrogens with zero attached hydrogens (tertiary/aromatic N) is 1. The average molecular weight is 370 g/mol. The molecule has 3 aromatic rings. The fourth-order valence-corrected chi connectivity index (χ4v) is 3.01. The maximum absolute atomic E-state index is 12.2. The Morgan fingerprint density at radius 3 is 2.36 bits per heavy atom. The summed E-state index contributed by atoms with van der Waals surface area (Å²) in [5.41, 5.74) is 6.10. The van der Waals surface area contributed by atoms with Crippen molar-refractivity contribution in [2.24, 2.45) is 4.99 Å². The van der Waals surface area contributed by atoms with Gasteiger partial charge in [0.25, 0.3) is 5.91 Å². The molecule has 0 saturated carbocycles. The zero-order valence-electron chi connectivity index (χ0n) is 16.0. The van der Waals surface area contributed by atoms with Crippen LogP contribution < -0.4 is 5.32 Å². The molecule has 3 aromatic carbocycles. The van der Waals surface area contributed by atoms with E-state index in [4.69, 9.17) is 4.99 Å². The maximum atomic E-state index is 12.2. The Morgan fingerprint density at radius 1 is 0.929 bits per heavy atom. The van der Waals surface area contributed by atoms with Crippen LogP contribution in [0.15, 0.2) is 77.8 Å². The number of imide groups is 1. The number of hydrogen-bond acceptors (Lipinski definition) is 3. The lowest BCUT2D eigenvalue weighted by atomic mass is 9.97. The van der Waals surface area contributed by atoms with E-state index in [9.17, 15) is 9.59 Å². The smallest absolute Gasteiger partial charge is 0.257 e. The van der Waals surface area contributed by atoms with E-state index in [1.165, 1.54) is 0 Å². The summed E-state index contributed by atoms with van der Waals surface area (Å²) in [6.07, 6.45) is 1.04. The summed E-state index contributed by atoms with van der Waals surface area (Å²) in [6, 6.07) is 23.7. The summed E-state index contributed by atoms with van der Waals surface area (Å²) in [6.45, 7) is 3.87. The number of rotatable bonds is 6. The van der Waals surface area contributed by atoms with Gasteiger partial charge in [-0.3, -0.25) is 19.9 Å². The number of benzene rings is 3. The summed E-state index contributed by atoms with van der Waals surface area (Å²) in [4.78, 5) is 27.8. The van der Waals surface area contributed by atoms with Gasteiger partial charge in [-0.25, -0.2) is 0 Å². The first-order chi connectivity index (χ1) is 13.6. The molecule has 3 rings (SSSR count). The molecule has 0 radical (unpaired) electrons. The van der Waals surface area contributed by atoms with Crippen molar-refractivity contribution in [3.8, 4) is 0 Å². The van der Waals surface area contributed by atoms with E-state index < -0.39 is 5.91 Å². The Kier molecular flexibility index (Phi) is 6.12. The van der Waals surface area contributed by atoms with Gasteiger partial charge in [0.2, 0.25) is 6.41 Å². The standard InChI is InChI=1S/C24H22N2O2/c1-17-12-13-20(15-21(17)24(28)25-16-27)23(14-19-9-4-3-5-10-19)26-22-11-7-6-8-18(22)2/h3-13,15-16H,14H2,1-2H3,(H,25,27,28). The van der Waals surface area contributed by atoms with Crippen molar-refractivity contribution in [3.05, 3.63) is 101 Å². The van der Waals surface area contributed by atoms with Gasteiger partial charge in [0, 0.05) is 12.0 Å². The van der Waals surface area contributed by atoms with Crippen molar-refractivity contribution >= 4 is 23.7 Å². The number of para-hydroxylation sites is 1. The SMILES string of the molecule is Cc1ccccc1N=C(Cc1ccccc1)c1ccc(C)c(C(=O)NC=O)c1. The normalized spacial score (nSPS) is 11.1. The predicted octanol–water partition coefficient (Wildman–Crippen LogP) is 4.55. The molecule has 0 bridgehead atoms. The number of nitrogens with one attached hydrogen (secondary N) is 1. The van der Waals surface area contributed by atoms with Gasteiger partial charge in [-0.05, 0) is 48.2 Å².